The highest BCUT2D eigenvalue weighted by Crippen LogP contribution is 2.18. The van der Waals surface area contributed by atoms with E-state index in [9.17, 15) is 0 Å². The first kappa shape index (κ1) is 9.84. The topological polar surface area (TPSA) is 39.4 Å². The molecule has 0 amide bonds. The summed E-state index contributed by atoms with van der Waals surface area (Å²) in [6.07, 6.45) is 1.90. The van der Waals surface area contributed by atoms with Gasteiger partial charge in [0.1, 0.15) is 0 Å². The minimum absolute atomic E-state index is 0.578. The Labute approximate surface area is 98.5 Å². The number of benzene rings is 1. The van der Waals surface area contributed by atoms with E-state index in [4.69, 9.17) is 4.74 Å². The van der Waals surface area contributed by atoms with Crippen LogP contribution in [0, 0.1) is 0 Å². The lowest BCUT2D eigenvalue weighted by Crippen LogP contribution is -1.93. The van der Waals surface area contributed by atoms with Gasteiger partial charge in [-0.15, -0.1) is 5.10 Å². The largest absolute Gasteiger partial charge is 0.480 e. The fourth-order valence-corrected chi connectivity index (χ4v) is 1.72. The van der Waals surface area contributed by atoms with Crippen molar-refractivity contribution < 1.29 is 4.74 Å². The summed E-state index contributed by atoms with van der Waals surface area (Å²) in [6, 6.07) is 13.7. The van der Waals surface area contributed by atoms with Crippen molar-refractivity contribution >= 4 is 5.65 Å². The third-order valence-corrected chi connectivity index (χ3v) is 2.57. The highest BCUT2D eigenvalue weighted by Gasteiger charge is 2.05. The number of ether oxygens (including phenoxy) is 1. The van der Waals surface area contributed by atoms with Crippen LogP contribution in [0.2, 0.25) is 0 Å². The molecule has 0 radical (unpaired) electrons. The highest BCUT2D eigenvalue weighted by molar-refractivity contribution is 5.62. The van der Waals surface area contributed by atoms with Gasteiger partial charge in [0.15, 0.2) is 5.65 Å². The van der Waals surface area contributed by atoms with Gasteiger partial charge >= 0.3 is 0 Å². The molecule has 0 aliphatic carbocycles. The number of methoxy groups -OCH3 is 1. The summed E-state index contributed by atoms with van der Waals surface area (Å²) in [5, 5.41) is 4.27. The fourth-order valence-electron chi connectivity index (χ4n) is 1.72. The average Bonchev–Trinajstić information content (AvgIpc) is 2.82. The maximum absolute atomic E-state index is 5.08. The van der Waals surface area contributed by atoms with Crippen molar-refractivity contribution in [3.63, 3.8) is 0 Å². The highest BCUT2D eigenvalue weighted by atomic mass is 16.5. The van der Waals surface area contributed by atoms with Crippen LogP contribution in [0.4, 0.5) is 0 Å². The molecule has 3 rings (SSSR count). The van der Waals surface area contributed by atoms with E-state index in [1.165, 1.54) is 0 Å². The third-order valence-electron chi connectivity index (χ3n) is 2.57. The van der Waals surface area contributed by atoms with Gasteiger partial charge < -0.3 is 4.74 Å². The molecule has 84 valence electrons. The first-order valence-corrected chi connectivity index (χ1v) is 5.33. The van der Waals surface area contributed by atoms with Gasteiger partial charge in [-0.05, 0) is 6.07 Å². The molecule has 2 aromatic heterocycles. The van der Waals surface area contributed by atoms with Gasteiger partial charge in [0, 0.05) is 11.6 Å². The van der Waals surface area contributed by atoms with Crippen molar-refractivity contribution in [3.8, 4) is 17.1 Å². The maximum Gasteiger partial charge on any atom is 0.231 e. The average molecular weight is 225 g/mol. The van der Waals surface area contributed by atoms with Gasteiger partial charge in [-0.2, -0.15) is 0 Å². The van der Waals surface area contributed by atoms with Crippen molar-refractivity contribution in [2.24, 2.45) is 0 Å². The quantitative estimate of drug-likeness (QED) is 0.672. The number of nitrogens with zero attached hydrogens (tertiary/aromatic N) is 3. The molecule has 4 heteroatoms. The minimum atomic E-state index is 0.578. The van der Waals surface area contributed by atoms with Crippen LogP contribution in [0.3, 0.4) is 0 Å². The molecule has 2 heterocycles. The summed E-state index contributed by atoms with van der Waals surface area (Å²) in [7, 11) is 1.60. The normalized spacial score (nSPS) is 10.6. The second-order valence-corrected chi connectivity index (χ2v) is 3.67. The Hall–Kier alpha value is -2.36. The first-order chi connectivity index (χ1) is 8.36. The third kappa shape index (κ3) is 1.73. The predicted octanol–water partition coefficient (Wildman–Crippen LogP) is 2.40. The molecule has 0 bridgehead atoms. The van der Waals surface area contributed by atoms with E-state index in [0.29, 0.717) is 5.88 Å². The fraction of sp³-hybridized carbons (Fsp3) is 0.0769. The summed E-state index contributed by atoms with van der Waals surface area (Å²) in [5.41, 5.74) is 2.80. The van der Waals surface area contributed by atoms with Crippen LogP contribution in [0.25, 0.3) is 16.9 Å². The SMILES string of the molecule is COc1ccc2nc(-c3ccccc3)cn2n1. The summed E-state index contributed by atoms with van der Waals surface area (Å²) >= 11 is 0. The number of aromatic nitrogens is 3. The van der Waals surface area contributed by atoms with Crippen molar-refractivity contribution in [1.29, 1.82) is 0 Å². The van der Waals surface area contributed by atoms with Gasteiger partial charge in [-0.25, -0.2) is 9.50 Å². The Morgan fingerprint density at radius 2 is 1.88 bits per heavy atom. The molecular weight excluding hydrogens is 214 g/mol. The smallest absolute Gasteiger partial charge is 0.231 e. The number of rotatable bonds is 2. The van der Waals surface area contributed by atoms with Crippen molar-refractivity contribution in [3.05, 3.63) is 48.7 Å². The van der Waals surface area contributed by atoms with E-state index in [0.717, 1.165) is 16.9 Å². The lowest BCUT2D eigenvalue weighted by atomic mass is 10.2. The zero-order valence-electron chi connectivity index (χ0n) is 9.37. The molecule has 0 atom stereocenters. The Morgan fingerprint density at radius 1 is 1.06 bits per heavy atom. The molecule has 0 saturated heterocycles. The second-order valence-electron chi connectivity index (χ2n) is 3.67. The van der Waals surface area contributed by atoms with E-state index in [1.807, 2.05) is 42.6 Å². The molecule has 0 aliphatic rings. The van der Waals surface area contributed by atoms with Crippen LogP contribution in [0.15, 0.2) is 48.7 Å². The molecular formula is C13H11N3O. The molecule has 3 aromatic rings. The van der Waals surface area contributed by atoms with E-state index in [1.54, 1.807) is 17.7 Å². The Bertz CT molecular complexity index is 646. The van der Waals surface area contributed by atoms with Crippen LogP contribution >= 0.6 is 0 Å². The molecule has 0 saturated carbocycles. The standard InChI is InChI=1S/C13H11N3O/c1-17-13-8-7-12-14-11(9-16(12)15-13)10-5-3-2-4-6-10/h2-9H,1H3. The van der Waals surface area contributed by atoms with Crippen LogP contribution < -0.4 is 4.74 Å². The molecule has 0 fully saturated rings. The number of imidazole rings is 1. The van der Waals surface area contributed by atoms with E-state index >= 15 is 0 Å². The summed E-state index contributed by atoms with van der Waals surface area (Å²) in [5.74, 6) is 0.578. The van der Waals surface area contributed by atoms with Gasteiger partial charge in [0.25, 0.3) is 0 Å². The van der Waals surface area contributed by atoms with Gasteiger partial charge in [0.2, 0.25) is 5.88 Å². The predicted molar refractivity (Wildman–Crippen MR) is 65.0 cm³/mol. The van der Waals surface area contributed by atoms with E-state index in [-0.39, 0.29) is 0 Å². The molecule has 4 nitrogen and oxygen atoms in total. The van der Waals surface area contributed by atoms with Gasteiger partial charge in [-0.1, -0.05) is 30.3 Å². The van der Waals surface area contributed by atoms with Crippen LogP contribution in [-0.4, -0.2) is 21.7 Å². The van der Waals surface area contributed by atoms with Crippen LogP contribution in [-0.2, 0) is 0 Å². The molecule has 0 spiro atoms. The van der Waals surface area contributed by atoms with E-state index in [2.05, 4.69) is 10.1 Å². The lowest BCUT2D eigenvalue weighted by molar-refractivity contribution is 0.390. The van der Waals surface area contributed by atoms with Gasteiger partial charge in [-0.3, -0.25) is 0 Å². The van der Waals surface area contributed by atoms with Crippen LogP contribution in [0.1, 0.15) is 0 Å². The maximum atomic E-state index is 5.08. The monoisotopic (exact) mass is 225 g/mol. The Morgan fingerprint density at radius 3 is 2.65 bits per heavy atom. The number of hydrogen-bond donors (Lipinski definition) is 0. The summed E-state index contributed by atoms with van der Waals surface area (Å²) < 4.78 is 6.80. The Balaban J connectivity index is 2.14. The molecule has 0 unspecified atom stereocenters. The molecule has 0 aliphatic heterocycles. The summed E-state index contributed by atoms with van der Waals surface area (Å²) in [6.45, 7) is 0. The molecule has 0 N–H and O–H groups in total. The molecule has 1 aromatic carbocycles. The number of hydrogen-bond acceptors (Lipinski definition) is 3. The van der Waals surface area contributed by atoms with Crippen molar-refractivity contribution in [2.45, 2.75) is 0 Å². The zero-order chi connectivity index (χ0) is 11.7. The number of fused-ring (bicyclic) bond motifs is 1. The Kier molecular flexibility index (Phi) is 2.26. The summed E-state index contributed by atoms with van der Waals surface area (Å²) in [4.78, 5) is 4.50. The minimum Gasteiger partial charge on any atom is -0.480 e. The molecule has 17 heavy (non-hydrogen) atoms. The van der Waals surface area contributed by atoms with Crippen molar-refractivity contribution in [2.75, 3.05) is 7.11 Å². The zero-order valence-corrected chi connectivity index (χ0v) is 9.37. The van der Waals surface area contributed by atoms with Gasteiger partial charge in [0.05, 0.1) is 19.0 Å². The first-order valence-electron chi connectivity index (χ1n) is 5.33. The van der Waals surface area contributed by atoms with Crippen LogP contribution in [0.5, 0.6) is 5.88 Å². The second kappa shape index (κ2) is 3.90. The van der Waals surface area contributed by atoms with Crippen molar-refractivity contribution in [1.82, 2.24) is 14.6 Å². The lowest BCUT2D eigenvalue weighted by Gasteiger charge is -1.96. The van der Waals surface area contributed by atoms with E-state index < -0.39 is 0 Å².